The predicted octanol–water partition coefficient (Wildman–Crippen LogP) is 4.11. The predicted molar refractivity (Wildman–Crippen MR) is 82.5 cm³/mol. The lowest BCUT2D eigenvalue weighted by Crippen LogP contribution is -2.00. The maximum Gasteiger partial charge on any atom is 0.337 e. The van der Waals surface area contributed by atoms with Crippen LogP contribution < -0.4 is 0 Å². The zero-order valence-corrected chi connectivity index (χ0v) is 12.4. The highest BCUT2D eigenvalue weighted by Crippen LogP contribution is 2.25. The molecule has 2 aromatic rings. The summed E-state index contributed by atoms with van der Waals surface area (Å²) in [6.07, 6.45) is 3.86. The van der Waals surface area contributed by atoms with Crippen LogP contribution >= 0.6 is 15.9 Å². The van der Waals surface area contributed by atoms with Gasteiger partial charge in [0.05, 0.1) is 17.1 Å². The molecule has 0 aromatic heterocycles. The molecule has 0 atom stereocenters. The summed E-state index contributed by atoms with van der Waals surface area (Å²) in [6.45, 7) is 0. The summed E-state index contributed by atoms with van der Waals surface area (Å²) in [5.41, 5.74) is 2.46. The molecule has 2 aromatic carbocycles. The Morgan fingerprint density at radius 3 is 2.30 bits per heavy atom. The summed E-state index contributed by atoms with van der Waals surface area (Å²) in [5, 5.41) is 9.42. The number of hydrogen-bond acceptors (Lipinski definition) is 3. The van der Waals surface area contributed by atoms with Gasteiger partial charge in [0.25, 0.3) is 0 Å². The highest BCUT2D eigenvalue weighted by atomic mass is 79.9. The number of benzene rings is 2. The third-order valence-electron chi connectivity index (χ3n) is 2.77. The number of rotatable bonds is 3. The Morgan fingerprint density at radius 1 is 1.10 bits per heavy atom. The molecular weight excluding hydrogens is 320 g/mol. The molecule has 3 nitrogen and oxygen atoms in total. The van der Waals surface area contributed by atoms with Crippen LogP contribution in [0.5, 0.6) is 5.75 Å². The first-order valence-corrected chi connectivity index (χ1v) is 6.74. The first-order valence-electron chi connectivity index (χ1n) is 5.95. The van der Waals surface area contributed by atoms with E-state index in [1.165, 1.54) is 7.11 Å². The molecule has 0 heterocycles. The average Bonchev–Trinajstić information content (AvgIpc) is 2.48. The summed E-state index contributed by atoms with van der Waals surface area (Å²) >= 11 is 3.27. The van der Waals surface area contributed by atoms with Crippen molar-refractivity contribution in [3.05, 3.63) is 63.6 Å². The van der Waals surface area contributed by atoms with Gasteiger partial charge in [-0.25, -0.2) is 4.79 Å². The van der Waals surface area contributed by atoms with Gasteiger partial charge in [-0.05, 0) is 51.3 Å². The molecule has 0 aliphatic heterocycles. The normalized spacial score (nSPS) is 10.7. The number of methoxy groups -OCH3 is 1. The zero-order chi connectivity index (χ0) is 14.5. The Hall–Kier alpha value is -2.07. The van der Waals surface area contributed by atoms with E-state index in [9.17, 15) is 9.90 Å². The second-order valence-electron chi connectivity index (χ2n) is 4.16. The lowest BCUT2D eigenvalue weighted by atomic mass is 10.1. The standard InChI is InChI=1S/C16H13BrO3/c1-20-16(19)13-7-4-11(5-8-13)2-3-12-6-9-15(18)14(17)10-12/h2-10,18H,1H3/b3-2+. The van der Waals surface area contributed by atoms with Crippen LogP contribution in [0.15, 0.2) is 46.9 Å². The van der Waals surface area contributed by atoms with E-state index in [0.717, 1.165) is 11.1 Å². The molecule has 0 unspecified atom stereocenters. The molecule has 0 saturated heterocycles. The molecule has 102 valence electrons. The molecule has 2 rings (SSSR count). The van der Waals surface area contributed by atoms with Gasteiger partial charge in [0.2, 0.25) is 0 Å². The van der Waals surface area contributed by atoms with Crippen LogP contribution in [-0.4, -0.2) is 18.2 Å². The van der Waals surface area contributed by atoms with Crippen LogP contribution in [0.4, 0.5) is 0 Å². The number of halogens is 1. The van der Waals surface area contributed by atoms with Gasteiger partial charge in [-0.2, -0.15) is 0 Å². The number of hydrogen-bond donors (Lipinski definition) is 1. The lowest BCUT2D eigenvalue weighted by Gasteiger charge is -2.00. The van der Waals surface area contributed by atoms with Gasteiger partial charge in [-0.15, -0.1) is 0 Å². The van der Waals surface area contributed by atoms with Gasteiger partial charge >= 0.3 is 5.97 Å². The Labute approximate surface area is 125 Å². The molecule has 4 heteroatoms. The Morgan fingerprint density at radius 2 is 1.70 bits per heavy atom. The van der Waals surface area contributed by atoms with E-state index in [1.54, 1.807) is 18.2 Å². The van der Waals surface area contributed by atoms with Crippen molar-refractivity contribution in [1.29, 1.82) is 0 Å². The zero-order valence-electron chi connectivity index (χ0n) is 10.8. The minimum absolute atomic E-state index is 0.213. The fourth-order valence-electron chi connectivity index (χ4n) is 1.67. The van der Waals surface area contributed by atoms with E-state index in [-0.39, 0.29) is 11.7 Å². The van der Waals surface area contributed by atoms with Crippen molar-refractivity contribution in [2.24, 2.45) is 0 Å². The second kappa shape index (κ2) is 6.39. The van der Waals surface area contributed by atoms with Crippen LogP contribution in [0.3, 0.4) is 0 Å². The van der Waals surface area contributed by atoms with E-state index in [2.05, 4.69) is 20.7 Å². The van der Waals surface area contributed by atoms with Crippen molar-refractivity contribution in [1.82, 2.24) is 0 Å². The van der Waals surface area contributed by atoms with E-state index in [4.69, 9.17) is 0 Å². The quantitative estimate of drug-likeness (QED) is 0.679. The molecule has 1 N–H and O–H groups in total. The van der Waals surface area contributed by atoms with Crippen molar-refractivity contribution < 1.29 is 14.6 Å². The maximum absolute atomic E-state index is 11.3. The molecule has 0 radical (unpaired) electrons. The third-order valence-corrected chi connectivity index (χ3v) is 3.41. The highest BCUT2D eigenvalue weighted by molar-refractivity contribution is 9.10. The van der Waals surface area contributed by atoms with Crippen LogP contribution in [0.1, 0.15) is 21.5 Å². The summed E-state index contributed by atoms with van der Waals surface area (Å²) in [4.78, 5) is 11.3. The number of carbonyl (C=O) groups is 1. The van der Waals surface area contributed by atoms with Crippen molar-refractivity contribution in [3.63, 3.8) is 0 Å². The minimum atomic E-state index is -0.344. The van der Waals surface area contributed by atoms with Crippen LogP contribution in [0, 0.1) is 0 Å². The maximum atomic E-state index is 11.3. The molecule has 0 amide bonds. The first kappa shape index (κ1) is 14.3. The summed E-state index contributed by atoms with van der Waals surface area (Å²) < 4.78 is 5.30. The average molecular weight is 333 g/mol. The second-order valence-corrected chi connectivity index (χ2v) is 5.01. The number of esters is 1. The van der Waals surface area contributed by atoms with Gasteiger partial charge in [0, 0.05) is 0 Å². The number of carbonyl (C=O) groups excluding carboxylic acids is 1. The fourth-order valence-corrected chi connectivity index (χ4v) is 2.06. The molecule has 0 aliphatic rings. The summed E-state index contributed by atoms with van der Waals surface area (Å²) in [7, 11) is 1.36. The summed E-state index contributed by atoms with van der Waals surface area (Å²) in [5.74, 6) is -0.132. The van der Waals surface area contributed by atoms with Gasteiger partial charge < -0.3 is 9.84 Å². The number of phenols is 1. The van der Waals surface area contributed by atoms with E-state index >= 15 is 0 Å². The van der Waals surface area contributed by atoms with Crippen LogP contribution in [0.2, 0.25) is 0 Å². The highest BCUT2D eigenvalue weighted by Gasteiger charge is 2.03. The molecular formula is C16H13BrO3. The number of ether oxygens (including phenoxy) is 1. The van der Waals surface area contributed by atoms with Gasteiger partial charge in [-0.3, -0.25) is 0 Å². The molecule has 0 fully saturated rings. The van der Waals surface area contributed by atoms with E-state index in [1.807, 2.05) is 36.4 Å². The lowest BCUT2D eigenvalue weighted by molar-refractivity contribution is 0.0600. The van der Waals surface area contributed by atoms with Gasteiger partial charge in [-0.1, -0.05) is 30.4 Å². The van der Waals surface area contributed by atoms with Crippen molar-refractivity contribution in [2.45, 2.75) is 0 Å². The SMILES string of the molecule is COC(=O)c1ccc(/C=C/c2ccc(O)c(Br)c2)cc1. The van der Waals surface area contributed by atoms with E-state index in [0.29, 0.717) is 10.0 Å². The Balaban J connectivity index is 2.15. The molecule has 0 aliphatic carbocycles. The fraction of sp³-hybridized carbons (Fsp3) is 0.0625. The molecule has 0 bridgehead atoms. The monoisotopic (exact) mass is 332 g/mol. The van der Waals surface area contributed by atoms with Crippen LogP contribution in [-0.2, 0) is 4.74 Å². The topological polar surface area (TPSA) is 46.5 Å². The van der Waals surface area contributed by atoms with E-state index < -0.39 is 0 Å². The van der Waals surface area contributed by atoms with Gasteiger partial charge in [0.1, 0.15) is 5.75 Å². The third kappa shape index (κ3) is 3.48. The Kier molecular flexibility index (Phi) is 4.58. The largest absolute Gasteiger partial charge is 0.507 e. The van der Waals surface area contributed by atoms with Gasteiger partial charge in [0.15, 0.2) is 0 Å². The molecule has 0 saturated carbocycles. The minimum Gasteiger partial charge on any atom is -0.507 e. The number of aromatic hydroxyl groups is 1. The van der Waals surface area contributed by atoms with Crippen molar-refractivity contribution >= 4 is 34.1 Å². The van der Waals surface area contributed by atoms with Crippen LogP contribution in [0.25, 0.3) is 12.2 Å². The Bertz CT molecular complexity index is 645. The smallest absolute Gasteiger partial charge is 0.337 e. The van der Waals surface area contributed by atoms with Crippen molar-refractivity contribution in [2.75, 3.05) is 7.11 Å². The number of phenolic OH excluding ortho intramolecular Hbond substituents is 1. The summed E-state index contributed by atoms with van der Waals surface area (Å²) in [6, 6.07) is 12.4. The first-order chi connectivity index (χ1) is 9.60. The molecule has 20 heavy (non-hydrogen) atoms. The molecule has 0 spiro atoms. The van der Waals surface area contributed by atoms with Crippen molar-refractivity contribution in [3.8, 4) is 5.75 Å².